The third-order valence-electron chi connectivity index (χ3n) is 4.88. The third-order valence-corrected chi connectivity index (χ3v) is 6.93. The molecule has 0 aliphatic heterocycles. The highest BCUT2D eigenvalue weighted by atomic mass is 28.3. The highest BCUT2D eigenvalue weighted by Crippen LogP contribution is 2.35. The van der Waals surface area contributed by atoms with Gasteiger partial charge in [-0.2, -0.15) is 0 Å². The quantitative estimate of drug-likeness (QED) is 0.329. The Balaban J connectivity index is 2.25. The van der Waals surface area contributed by atoms with Gasteiger partial charge in [0.25, 0.3) is 0 Å². The van der Waals surface area contributed by atoms with E-state index in [1.165, 1.54) is 37.9 Å². The van der Waals surface area contributed by atoms with Crippen molar-refractivity contribution < 1.29 is 0 Å². The van der Waals surface area contributed by atoms with Gasteiger partial charge in [-0.25, -0.2) is 0 Å². The van der Waals surface area contributed by atoms with Crippen LogP contribution in [0.2, 0.25) is 19.6 Å². The molecular formula is C21H22Si. The van der Waals surface area contributed by atoms with E-state index in [4.69, 9.17) is 0 Å². The maximum Gasteiger partial charge on any atom is 0.0784 e. The van der Waals surface area contributed by atoms with E-state index in [0.717, 1.165) is 6.42 Å². The molecule has 0 radical (unpaired) electrons. The second kappa shape index (κ2) is 4.56. The second-order valence-corrected chi connectivity index (χ2v) is 12.4. The van der Waals surface area contributed by atoms with E-state index in [1.807, 2.05) is 0 Å². The van der Waals surface area contributed by atoms with Gasteiger partial charge in [-0.05, 0) is 44.3 Å². The van der Waals surface area contributed by atoms with Crippen molar-refractivity contribution in [1.82, 2.24) is 0 Å². The van der Waals surface area contributed by atoms with Gasteiger partial charge in [-0.3, -0.25) is 0 Å². The fraction of sp³-hybridized carbons (Fsp3) is 0.238. The number of aryl methyl sites for hydroxylation is 1. The minimum Gasteiger partial charge on any atom is -0.0656 e. The van der Waals surface area contributed by atoms with Gasteiger partial charge >= 0.3 is 0 Å². The third kappa shape index (κ3) is 1.89. The average molecular weight is 302 g/mol. The van der Waals surface area contributed by atoms with Crippen LogP contribution in [0.25, 0.3) is 32.3 Å². The van der Waals surface area contributed by atoms with Crippen molar-refractivity contribution in [2.75, 3.05) is 0 Å². The molecule has 0 aliphatic carbocycles. The Morgan fingerprint density at radius 3 is 1.95 bits per heavy atom. The predicted octanol–water partition coefficient (Wildman–Crippen LogP) is 5.69. The van der Waals surface area contributed by atoms with E-state index in [2.05, 4.69) is 75.1 Å². The van der Waals surface area contributed by atoms with Crippen LogP contribution in [0.3, 0.4) is 0 Å². The van der Waals surface area contributed by atoms with Crippen LogP contribution in [0, 0.1) is 0 Å². The molecule has 0 N–H and O–H groups in total. The van der Waals surface area contributed by atoms with Crippen LogP contribution in [0.15, 0.2) is 48.5 Å². The van der Waals surface area contributed by atoms with E-state index in [1.54, 1.807) is 5.19 Å². The van der Waals surface area contributed by atoms with E-state index in [0.29, 0.717) is 0 Å². The SMILES string of the molecule is CCc1cc2ccc3ccc([Si](C)(C)C)c4ccc(c1)c2c34. The molecule has 0 bridgehead atoms. The van der Waals surface area contributed by atoms with Gasteiger partial charge < -0.3 is 0 Å². The molecule has 22 heavy (non-hydrogen) atoms. The second-order valence-electron chi connectivity index (χ2n) is 7.41. The van der Waals surface area contributed by atoms with Gasteiger partial charge in [0.15, 0.2) is 0 Å². The highest BCUT2D eigenvalue weighted by molar-refractivity contribution is 6.90. The molecule has 0 atom stereocenters. The zero-order valence-electron chi connectivity index (χ0n) is 13.8. The Bertz CT molecular complexity index is 971. The molecule has 0 spiro atoms. The zero-order chi connectivity index (χ0) is 15.5. The van der Waals surface area contributed by atoms with Crippen molar-refractivity contribution in [3.63, 3.8) is 0 Å². The van der Waals surface area contributed by atoms with E-state index >= 15 is 0 Å². The summed E-state index contributed by atoms with van der Waals surface area (Å²) in [5, 5.41) is 10.1. The Hall–Kier alpha value is -1.86. The number of benzene rings is 4. The van der Waals surface area contributed by atoms with Crippen LogP contribution in [0.4, 0.5) is 0 Å². The van der Waals surface area contributed by atoms with Gasteiger partial charge in [0.1, 0.15) is 0 Å². The van der Waals surface area contributed by atoms with Gasteiger partial charge in [-0.1, -0.05) is 80.3 Å². The van der Waals surface area contributed by atoms with Crippen LogP contribution >= 0.6 is 0 Å². The molecule has 4 rings (SSSR count). The Kier molecular flexibility index (Phi) is 2.86. The van der Waals surface area contributed by atoms with Crippen LogP contribution < -0.4 is 5.19 Å². The van der Waals surface area contributed by atoms with Crippen molar-refractivity contribution in [3.8, 4) is 0 Å². The standard InChI is InChI=1S/C21H22Si/c1-5-14-12-16-7-6-15-9-11-19(22(2,3)4)18-10-8-17(13-14)20(16)21(15)18/h6-13H,5H2,1-4H3. The van der Waals surface area contributed by atoms with Gasteiger partial charge in [0, 0.05) is 0 Å². The van der Waals surface area contributed by atoms with Crippen LogP contribution in [0.1, 0.15) is 12.5 Å². The molecule has 0 fully saturated rings. The topological polar surface area (TPSA) is 0 Å². The summed E-state index contributed by atoms with van der Waals surface area (Å²) in [6.07, 6.45) is 1.09. The first-order chi connectivity index (χ1) is 10.5. The van der Waals surface area contributed by atoms with Crippen LogP contribution in [-0.2, 0) is 6.42 Å². The molecule has 0 saturated heterocycles. The largest absolute Gasteiger partial charge is 0.0784 e. The van der Waals surface area contributed by atoms with Gasteiger partial charge in [0.2, 0.25) is 0 Å². The molecule has 0 saturated carbocycles. The van der Waals surface area contributed by atoms with E-state index in [-0.39, 0.29) is 0 Å². The van der Waals surface area contributed by atoms with E-state index in [9.17, 15) is 0 Å². The summed E-state index contributed by atoms with van der Waals surface area (Å²) in [6, 6.07) is 18.7. The van der Waals surface area contributed by atoms with E-state index < -0.39 is 8.07 Å². The molecule has 1 heteroatoms. The molecule has 110 valence electrons. The highest BCUT2D eigenvalue weighted by Gasteiger charge is 2.21. The van der Waals surface area contributed by atoms with Gasteiger partial charge in [0.05, 0.1) is 8.07 Å². The molecule has 0 amide bonds. The first kappa shape index (κ1) is 13.8. The fourth-order valence-corrected chi connectivity index (χ4v) is 5.34. The molecule has 0 unspecified atom stereocenters. The number of hydrogen-bond acceptors (Lipinski definition) is 0. The summed E-state index contributed by atoms with van der Waals surface area (Å²) in [7, 11) is -1.34. The lowest BCUT2D eigenvalue weighted by atomic mass is 9.92. The summed E-state index contributed by atoms with van der Waals surface area (Å²) < 4.78 is 0. The summed E-state index contributed by atoms with van der Waals surface area (Å²) in [5.74, 6) is 0. The summed E-state index contributed by atoms with van der Waals surface area (Å²) in [4.78, 5) is 0. The van der Waals surface area contributed by atoms with Gasteiger partial charge in [-0.15, -0.1) is 0 Å². The maximum absolute atomic E-state index is 2.44. The molecule has 0 aliphatic rings. The minimum atomic E-state index is -1.34. The summed E-state index contributed by atoms with van der Waals surface area (Å²) in [5.41, 5.74) is 1.43. The Labute approximate surface area is 133 Å². The lowest BCUT2D eigenvalue weighted by Crippen LogP contribution is -2.38. The lowest BCUT2D eigenvalue weighted by molar-refractivity contribution is 1.15. The monoisotopic (exact) mass is 302 g/mol. The van der Waals surface area contributed by atoms with Crippen molar-refractivity contribution in [3.05, 3.63) is 54.1 Å². The van der Waals surface area contributed by atoms with Crippen molar-refractivity contribution >= 4 is 45.6 Å². The zero-order valence-corrected chi connectivity index (χ0v) is 14.8. The summed E-state index contributed by atoms with van der Waals surface area (Å²) in [6.45, 7) is 9.55. The molecule has 0 heterocycles. The molecular weight excluding hydrogens is 280 g/mol. The maximum atomic E-state index is 2.44. The first-order valence-electron chi connectivity index (χ1n) is 8.20. The average Bonchev–Trinajstić information content (AvgIpc) is 2.50. The van der Waals surface area contributed by atoms with Crippen LogP contribution in [0.5, 0.6) is 0 Å². The Morgan fingerprint density at radius 1 is 0.727 bits per heavy atom. The summed E-state index contributed by atoms with van der Waals surface area (Å²) >= 11 is 0. The predicted molar refractivity (Wildman–Crippen MR) is 103 cm³/mol. The molecule has 4 aromatic rings. The smallest absolute Gasteiger partial charge is 0.0656 e. The fourth-order valence-electron chi connectivity index (χ4n) is 3.74. The van der Waals surface area contributed by atoms with Crippen LogP contribution in [-0.4, -0.2) is 8.07 Å². The minimum absolute atomic E-state index is 1.09. The number of hydrogen-bond donors (Lipinski definition) is 0. The number of rotatable bonds is 2. The molecule has 0 nitrogen and oxygen atoms in total. The molecule has 4 aromatic carbocycles. The lowest BCUT2D eigenvalue weighted by Gasteiger charge is -2.21. The Morgan fingerprint density at radius 2 is 1.32 bits per heavy atom. The molecule has 0 aromatic heterocycles. The van der Waals surface area contributed by atoms with Crippen molar-refractivity contribution in [1.29, 1.82) is 0 Å². The van der Waals surface area contributed by atoms with Crippen molar-refractivity contribution in [2.45, 2.75) is 33.0 Å². The van der Waals surface area contributed by atoms with Crippen molar-refractivity contribution in [2.24, 2.45) is 0 Å². The first-order valence-corrected chi connectivity index (χ1v) is 11.7. The normalized spacial score (nSPS) is 12.7.